The number of aliphatic hydroxyl groups is 8. The zero-order valence-corrected chi connectivity index (χ0v) is 56.9. The van der Waals surface area contributed by atoms with Crippen molar-refractivity contribution in [1.29, 1.82) is 0 Å². The van der Waals surface area contributed by atoms with Gasteiger partial charge in [-0.1, -0.05) is 43.6 Å². The number of carbonyl (C=O) groups is 6. The Kier molecular flexibility index (Phi) is 26.1. The number of ether oxygens (including phenoxy) is 1. The number of piperidine rings is 2. The van der Waals surface area contributed by atoms with Gasteiger partial charge in [0, 0.05) is 82.9 Å². The van der Waals surface area contributed by atoms with E-state index in [1.54, 1.807) is 0 Å². The van der Waals surface area contributed by atoms with Gasteiger partial charge in [0.1, 0.15) is 35.2 Å². The summed E-state index contributed by atoms with van der Waals surface area (Å²) in [5.74, 6) is -8.61. The normalized spacial score (nSPS) is 28.1. The molecular formula is C64H96N12O20S2. The van der Waals surface area contributed by atoms with Gasteiger partial charge in [0.2, 0.25) is 40.6 Å². The molecule has 0 bridgehead atoms. The first-order valence-electron chi connectivity index (χ1n) is 33.7. The molecule has 0 radical (unpaired) electrons. The predicted octanol–water partition coefficient (Wildman–Crippen LogP) is -2.98. The molecule has 1 saturated carbocycles. The third-order valence-corrected chi connectivity index (χ3v) is 21.6. The molecule has 0 spiro atoms. The Labute approximate surface area is 572 Å². The largest absolute Gasteiger partial charge is 0.504 e. The molecular weight excluding hydrogens is 1320 g/mol. The minimum atomic E-state index is -5.22. The third-order valence-electron chi connectivity index (χ3n) is 20.2. The molecule has 544 valence electrons. The minimum Gasteiger partial charge on any atom is -0.504 e. The van der Waals surface area contributed by atoms with E-state index in [0.717, 1.165) is 75.3 Å². The van der Waals surface area contributed by atoms with Crippen molar-refractivity contribution in [3.8, 4) is 22.1 Å². The lowest BCUT2D eigenvalue weighted by Gasteiger charge is -2.47. The second-order valence-electron chi connectivity index (χ2n) is 27.0. The summed E-state index contributed by atoms with van der Waals surface area (Å²) in [6.07, 6.45) is -2.72. The lowest BCUT2D eigenvalue weighted by molar-refractivity contribution is -0.147. The van der Waals surface area contributed by atoms with Gasteiger partial charge in [-0.15, -0.1) is 10.2 Å². The maximum atomic E-state index is 15.0. The zero-order chi connectivity index (χ0) is 70.8. The number of benzene rings is 2. The summed E-state index contributed by atoms with van der Waals surface area (Å²) in [4.78, 5) is 94.6. The summed E-state index contributed by atoms with van der Waals surface area (Å²) in [6.45, 7) is 3.15. The van der Waals surface area contributed by atoms with Crippen molar-refractivity contribution in [1.82, 2.24) is 51.9 Å². The monoisotopic (exact) mass is 1420 g/mol. The fourth-order valence-electron chi connectivity index (χ4n) is 14.4. The van der Waals surface area contributed by atoms with Gasteiger partial charge in [-0.25, -0.2) is 0 Å². The van der Waals surface area contributed by atoms with Crippen molar-refractivity contribution in [2.75, 3.05) is 89.0 Å². The van der Waals surface area contributed by atoms with E-state index in [1.165, 1.54) is 57.3 Å². The molecule has 5 saturated heterocycles. The number of fused-ring (bicyclic) bond motifs is 2. The smallest absolute Gasteiger partial charge is 0.446 e. The molecule has 9 rings (SSSR count). The Morgan fingerprint density at radius 2 is 1.42 bits per heavy atom. The molecule has 34 heteroatoms. The van der Waals surface area contributed by atoms with Gasteiger partial charge in [-0.05, 0) is 125 Å². The van der Waals surface area contributed by atoms with Gasteiger partial charge in [0.25, 0.3) is 0 Å². The van der Waals surface area contributed by atoms with Crippen LogP contribution in [0.3, 0.4) is 0 Å². The molecule has 6 heterocycles. The molecule has 0 unspecified atom stereocenters. The maximum absolute atomic E-state index is 15.0. The number of aliphatic hydroxyl groups excluding tert-OH is 8. The van der Waals surface area contributed by atoms with E-state index >= 15 is 0 Å². The predicted molar refractivity (Wildman–Crippen MR) is 354 cm³/mol. The number of rotatable bonds is 21. The Bertz CT molecular complexity index is 3310. The second-order valence-corrected chi connectivity index (χ2v) is 29.0. The number of carbonyl (C=O) groups excluding carboxylic acids is 6. The molecule has 1 aromatic heterocycles. The molecule has 98 heavy (non-hydrogen) atoms. The SMILES string of the molecule is COC1(C2CCCCC2)CCN(c2ccc(-c3nnc(N4CCC(CN[C@H]5C[C@@H](O)CNC(=O)[C@@H]6[C@@H](O)[C@@H](C)CN6C(=O)[C@H]([C@H](O)CCNC(CO)CO)NC(=O)[C@H]([C@H](O)Cc6ccc(O)c(OS(=O)(=O)O)c6)NC(=O)[C@@H]6C[C@@H](O)CN6C(=O)[C@H]([C@@H](C)O)NC5=O)CC4)s3)cc2)CC1. The molecule has 13 atom stereocenters. The molecule has 6 aliphatic rings. The van der Waals surface area contributed by atoms with Crippen LogP contribution in [0.4, 0.5) is 10.8 Å². The van der Waals surface area contributed by atoms with Crippen LogP contribution in [0.15, 0.2) is 42.5 Å². The summed E-state index contributed by atoms with van der Waals surface area (Å²) < 4.78 is 43.4. The lowest BCUT2D eigenvalue weighted by Crippen LogP contribution is -2.64. The first-order chi connectivity index (χ1) is 46.7. The average Bonchev–Trinajstić information content (AvgIpc) is 1.55. The van der Waals surface area contributed by atoms with Crippen LogP contribution < -0.4 is 45.9 Å². The Morgan fingerprint density at radius 3 is 2.07 bits per heavy atom. The highest BCUT2D eigenvalue weighted by Gasteiger charge is 2.50. The van der Waals surface area contributed by atoms with Crippen LogP contribution in [-0.2, 0) is 50.3 Å². The molecule has 1 aliphatic carbocycles. The van der Waals surface area contributed by atoms with Crippen LogP contribution in [0.2, 0.25) is 0 Å². The number of aromatic nitrogens is 2. The molecule has 3 aromatic rings. The van der Waals surface area contributed by atoms with E-state index in [0.29, 0.717) is 31.8 Å². The Balaban J connectivity index is 0.929. The van der Waals surface area contributed by atoms with E-state index in [1.807, 2.05) is 7.11 Å². The number of aromatic hydroxyl groups is 1. The van der Waals surface area contributed by atoms with E-state index in [2.05, 4.69) is 80.3 Å². The highest BCUT2D eigenvalue weighted by Crippen LogP contribution is 2.43. The first-order valence-corrected chi connectivity index (χ1v) is 35.9. The van der Waals surface area contributed by atoms with Crippen LogP contribution in [0, 0.1) is 17.8 Å². The molecule has 32 nitrogen and oxygen atoms in total. The van der Waals surface area contributed by atoms with Gasteiger partial charge in [-0.2, -0.15) is 8.42 Å². The summed E-state index contributed by atoms with van der Waals surface area (Å²) in [5.41, 5.74) is 1.94. The third kappa shape index (κ3) is 18.7. The summed E-state index contributed by atoms with van der Waals surface area (Å²) in [6, 6.07) is -0.422. The fourth-order valence-corrected chi connectivity index (χ4v) is 15.7. The number of hydrogen-bond donors (Lipinski definition) is 16. The van der Waals surface area contributed by atoms with E-state index in [9.17, 15) is 87.7 Å². The Morgan fingerprint density at radius 1 is 0.755 bits per heavy atom. The van der Waals surface area contributed by atoms with Crippen molar-refractivity contribution in [3.05, 3.63) is 48.0 Å². The zero-order valence-electron chi connectivity index (χ0n) is 55.3. The number of amides is 6. The van der Waals surface area contributed by atoms with Gasteiger partial charge in [-0.3, -0.25) is 33.3 Å². The maximum Gasteiger partial charge on any atom is 0.446 e. The summed E-state index contributed by atoms with van der Waals surface area (Å²) >= 11 is 1.48. The van der Waals surface area contributed by atoms with Gasteiger partial charge in [0.15, 0.2) is 11.5 Å². The van der Waals surface area contributed by atoms with Gasteiger partial charge < -0.3 is 106 Å². The number of methoxy groups -OCH3 is 1. The lowest BCUT2D eigenvalue weighted by atomic mass is 9.72. The Hall–Kier alpha value is -6.51. The summed E-state index contributed by atoms with van der Waals surface area (Å²) in [5, 5.41) is 126. The van der Waals surface area contributed by atoms with Crippen LogP contribution in [-0.4, -0.2) is 278 Å². The highest BCUT2D eigenvalue weighted by molar-refractivity contribution is 7.81. The molecule has 5 aliphatic heterocycles. The number of nitrogens with one attached hydrogen (secondary N) is 6. The average molecular weight is 1420 g/mol. The standard InChI is InChI=1S/C64H96N12O20S2/c1-35-31-76-54(55(35)85)59(89)67-30-43(80)27-45(66-29-37-16-21-74(22-17-37)63-72-71-60(97-63)39-10-12-42(13-11-39)73-23-18-64(95-3,19-24-73)40-7-5-4-6-8-40)56(86)68-51(36(2)79)61(90)75-32-44(81)28-46(75)57(87)69-52(49(84)25-38-9-14-47(82)50(26-38)96-98(92,93)94)58(88)70-53(62(76)91)48(83)15-20-65-41(33-77)34-78/h9-14,26,35-37,40-41,43-46,48-49,51-55,65-66,77-85H,4-8,15-25,27-34H2,1-3H3,(H,67,89)(H,68,86)(H,69,87)(H,70,88)(H,92,93,94)/t35-,36+,43+,44+,45-,46-,48+,49+,51-,52-,53-,54-,55-/m0/s1. The van der Waals surface area contributed by atoms with E-state index < -0.39 is 194 Å². The van der Waals surface area contributed by atoms with Crippen molar-refractivity contribution >= 4 is 68.0 Å². The molecule has 6 amide bonds. The van der Waals surface area contributed by atoms with Crippen molar-refractivity contribution in [3.63, 3.8) is 0 Å². The number of anilines is 2. The number of β-amino-alcohol motifs (C(OH)–C–C–N with tert-alkyl or cyclic N) is 1. The van der Waals surface area contributed by atoms with Crippen LogP contribution in [0.25, 0.3) is 10.6 Å². The van der Waals surface area contributed by atoms with E-state index in [4.69, 9.17) is 4.74 Å². The quantitative estimate of drug-likeness (QED) is 0.0473. The summed E-state index contributed by atoms with van der Waals surface area (Å²) in [7, 11) is -3.35. The van der Waals surface area contributed by atoms with Crippen LogP contribution in [0.1, 0.15) is 96.5 Å². The van der Waals surface area contributed by atoms with Crippen molar-refractivity contribution in [2.24, 2.45) is 17.8 Å². The van der Waals surface area contributed by atoms with Crippen LogP contribution in [0.5, 0.6) is 11.5 Å². The molecule has 16 N–H and O–H groups in total. The molecule has 2 aromatic carbocycles. The number of phenolic OH excluding ortho intramolecular Hbond substituents is 1. The minimum absolute atomic E-state index is 0.0422. The second kappa shape index (κ2) is 33.8. The van der Waals surface area contributed by atoms with Crippen LogP contribution >= 0.6 is 11.3 Å². The highest BCUT2D eigenvalue weighted by atomic mass is 32.3. The van der Waals surface area contributed by atoms with Gasteiger partial charge >= 0.3 is 10.4 Å². The number of hydrogen-bond acceptors (Lipinski definition) is 26. The topological polar surface area (TPSA) is 468 Å². The van der Waals surface area contributed by atoms with E-state index in [-0.39, 0.29) is 36.7 Å². The molecule has 6 fully saturated rings. The van der Waals surface area contributed by atoms with Crippen molar-refractivity contribution < 1.29 is 96.6 Å². The number of nitrogens with zero attached hydrogens (tertiary/aromatic N) is 6. The van der Waals surface area contributed by atoms with Crippen molar-refractivity contribution in [2.45, 2.75) is 182 Å². The first kappa shape index (κ1) is 75.7. The number of phenols is 1. The van der Waals surface area contributed by atoms with Gasteiger partial charge in [0.05, 0.1) is 67.5 Å². The fraction of sp³-hybridized carbons (Fsp3) is 0.688.